The first-order valence-corrected chi connectivity index (χ1v) is 12.3. The van der Waals surface area contributed by atoms with Crippen molar-refractivity contribution in [2.24, 2.45) is 5.92 Å². The third-order valence-electron chi connectivity index (χ3n) is 6.75. The molecule has 3 aromatic rings. The number of benzene rings is 3. The summed E-state index contributed by atoms with van der Waals surface area (Å²) in [5, 5.41) is 0. The summed E-state index contributed by atoms with van der Waals surface area (Å²) >= 11 is 0. The van der Waals surface area contributed by atoms with Crippen LogP contribution in [0.1, 0.15) is 60.6 Å². The molecule has 1 aliphatic carbocycles. The van der Waals surface area contributed by atoms with E-state index >= 15 is 0 Å². The van der Waals surface area contributed by atoms with Crippen molar-refractivity contribution in [3.8, 4) is 16.9 Å². The van der Waals surface area contributed by atoms with Crippen molar-refractivity contribution >= 4 is 6.15 Å². The van der Waals surface area contributed by atoms with Crippen LogP contribution in [0, 0.1) is 19.8 Å². The van der Waals surface area contributed by atoms with Crippen molar-refractivity contribution in [3.63, 3.8) is 0 Å². The zero-order valence-corrected chi connectivity index (χ0v) is 21.7. The Morgan fingerprint density at radius 1 is 0.857 bits per heavy atom. The molecule has 35 heavy (non-hydrogen) atoms. The van der Waals surface area contributed by atoms with Crippen LogP contribution in [0.2, 0.25) is 0 Å². The number of methoxy groups -OCH3 is 1. The molecule has 3 aromatic carbocycles. The summed E-state index contributed by atoms with van der Waals surface area (Å²) in [7, 11) is 1.71. The van der Waals surface area contributed by atoms with Crippen LogP contribution < -0.4 is 4.74 Å². The fraction of sp³-hybridized carbons (Fsp3) is 0.387. The second-order valence-corrected chi connectivity index (χ2v) is 9.70. The number of hydrogen-bond donors (Lipinski definition) is 0. The van der Waals surface area contributed by atoms with E-state index < -0.39 is 0 Å². The van der Waals surface area contributed by atoms with E-state index in [1.54, 1.807) is 7.11 Å². The molecule has 0 radical (unpaired) electrons. The molecule has 0 fully saturated rings. The first-order valence-electron chi connectivity index (χ1n) is 12.3. The fourth-order valence-electron chi connectivity index (χ4n) is 5.40. The standard InChI is InChI=1S/C30H36O2.CO2/c1-7-23-18-24(10-13-29(23)32-15-14-31-6)30(19-20(2)3)27-16-21(4)8-11-25(27)26-12-9-22(5)17-28(26)30;2-1-3/h8-13,16-18,20H,7,14-15,19H2,1-6H3;. The summed E-state index contributed by atoms with van der Waals surface area (Å²) in [6, 6.07) is 20.9. The Hall–Kier alpha value is -3.20. The van der Waals surface area contributed by atoms with Crippen LogP contribution in [0.5, 0.6) is 5.75 Å². The summed E-state index contributed by atoms with van der Waals surface area (Å²) < 4.78 is 11.2. The summed E-state index contributed by atoms with van der Waals surface area (Å²) in [5.41, 5.74) is 10.8. The largest absolute Gasteiger partial charge is 0.491 e. The van der Waals surface area contributed by atoms with Crippen LogP contribution >= 0.6 is 0 Å². The number of carbonyl (C=O) groups excluding carboxylic acids is 2. The van der Waals surface area contributed by atoms with E-state index in [0.717, 1.165) is 18.6 Å². The Balaban J connectivity index is 0.00000108. The minimum Gasteiger partial charge on any atom is -0.491 e. The number of rotatable bonds is 8. The quantitative estimate of drug-likeness (QED) is 0.344. The van der Waals surface area contributed by atoms with Crippen LogP contribution in [0.25, 0.3) is 11.1 Å². The van der Waals surface area contributed by atoms with E-state index in [2.05, 4.69) is 89.2 Å². The molecule has 0 bridgehead atoms. The molecule has 0 saturated heterocycles. The van der Waals surface area contributed by atoms with Gasteiger partial charge in [0, 0.05) is 12.5 Å². The molecule has 0 saturated carbocycles. The lowest BCUT2D eigenvalue weighted by atomic mass is 9.67. The Morgan fingerprint density at radius 2 is 1.43 bits per heavy atom. The molecule has 0 unspecified atom stereocenters. The van der Waals surface area contributed by atoms with Crippen molar-refractivity contribution in [3.05, 3.63) is 88.0 Å². The molecule has 184 valence electrons. The second-order valence-electron chi connectivity index (χ2n) is 9.70. The smallest absolute Gasteiger partial charge is 0.373 e. The molecule has 1 aliphatic rings. The molecule has 0 aliphatic heterocycles. The van der Waals surface area contributed by atoms with Gasteiger partial charge in [-0.15, -0.1) is 0 Å². The predicted molar refractivity (Wildman–Crippen MR) is 139 cm³/mol. The highest BCUT2D eigenvalue weighted by Crippen LogP contribution is 2.56. The van der Waals surface area contributed by atoms with Crippen LogP contribution in [0.15, 0.2) is 54.6 Å². The zero-order chi connectivity index (χ0) is 25.6. The lowest BCUT2D eigenvalue weighted by Gasteiger charge is -2.35. The first-order chi connectivity index (χ1) is 16.8. The van der Waals surface area contributed by atoms with Gasteiger partial charge in [-0.2, -0.15) is 9.59 Å². The second kappa shape index (κ2) is 11.5. The Morgan fingerprint density at radius 3 is 1.91 bits per heavy atom. The summed E-state index contributed by atoms with van der Waals surface area (Å²) in [6.45, 7) is 12.5. The van der Waals surface area contributed by atoms with Gasteiger partial charge in [-0.05, 0) is 72.1 Å². The number of fused-ring (bicyclic) bond motifs is 3. The van der Waals surface area contributed by atoms with Crippen molar-refractivity contribution in [1.82, 2.24) is 0 Å². The van der Waals surface area contributed by atoms with Gasteiger partial charge in [0.1, 0.15) is 12.4 Å². The molecular formula is C31H36O4. The van der Waals surface area contributed by atoms with Crippen LogP contribution in [-0.4, -0.2) is 26.5 Å². The van der Waals surface area contributed by atoms with E-state index in [9.17, 15) is 0 Å². The maximum Gasteiger partial charge on any atom is 0.373 e. The zero-order valence-electron chi connectivity index (χ0n) is 21.7. The average Bonchev–Trinajstić information content (AvgIpc) is 3.08. The highest BCUT2D eigenvalue weighted by Gasteiger charge is 2.45. The van der Waals surface area contributed by atoms with Crippen molar-refractivity contribution in [2.75, 3.05) is 20.3 Å². The Kier molecular flexibility index (Phi) is 8.67. The van der Waals surface area contributed by atoms with E-state index in [4.69, 9.17) is 19.1 Å². The minimum atomic E-state index is -0.147. The van der Waals surface area contributed by atoms with E-state index in [1.807, 2.05) is 0 Å². The maximum atomic E-state index is 8.12. The fourth-order valence-corrected chi connectivity index (χ4v) is 5.40. The molecule has 0 aromatic heterocycles. The Labute approximate surface area is 209 Å². The molecule has 0 spiro atoms. The van der Waals surface area contributed by atoms with Gasteiger partial charge in [0.05, 0.1) is 6.61 Å². The van der Waals surface area contributed by atoms with Crippen molar-refractivity contribution in [1.29, 1.82) is 0 Å². The number of hydrogen-bond acceptors (Lipinski definition) is 4. The van der Waals surface area contributed by atoms with Gasteiger partial charge in [-0.25, -0.2) is 0 Å². The van der Waals surface area contributed by atoms with Gasteiger partial charge in [0.2, 0.25) is 0 Å². The topological polar surface area (TPSA) is 52.6 Å². The Bertz CT molecular complexity index is 1150. The number of ether oxygens (including phenoxy) is 2. The molecule has 0 heterocycles. The monoisotopic (exact) mass is 472 g/mol. The summed E-state index contributed by atoms with van der Waals surface area (Å²) in [5.74, 6) is 1.53. The van der Waals surface area contributed by atoms with Gasteiger partial charge in [-0.3, -0.25) is 0 Å². The first kappa shape index (κ1) is 26.4. The highest BCUT2D eigenvalue weighted by atomic mass is 16.5. The van der Waals surface area contributed by atoms with E-state index in [0.29, 0.717) is 19.1 Å². The third kappa shape index (κ3) is 5.24. The van der Waals surface area contributed by atoms with Crippen LogP contribution in [-0.2, 0) is 26.2 Å². The third-order valence-corrected chi connectivity index (χ3v) is 6.75. The van der Waals surface area contributed by atoms with Crippen LogP contribution in [0.3, 0.4) is 0 Å². The predicted octanol–water partition coefficient (Wildman–Crippen LogP) is 6.67. The molecule has 4 heteroatoms. The highest BCUT2D eigenvalue weighted by molar-refractivity contribution is 5.84. The van der Waals surface area contributed by atoms with Crippen molar-refractivity contribution in [2.45, 2.75) is 52.9 Å². The lowest BCUT2D eigenvalue weighted by molar-refractivity contribution is -0.191. The van der Waals surface area contributed by atoms with E-state index in [-0.39, 0.29) is 11.6 Å². The van der Waals surface area contributed by atoms with Crippen molar-refractivity contribution < 1.29 is 19.1 Å². The molecule has 4 nitrogen and oxygen atoms in total. The summed E-state index contributed by atoms with van der Waals surface area (Å²) in [6.07, 6.45) is 2.27. The molecule has 0 N–H and O–H groups in total. The summed E-state index contributed by atoms with van der Waals surface area (Å²) in [4.78, 5) is 16.2. The average molecular weight is 473 g/mol. The molecule has 0 amide bonds. The van der Waals surface area contributed by atoms with Gasteiger partial charge >= 0.3 is 6.15 Å². The molecule has 4 rings (SSSR count). The maximum absolute atomic E-state index is 8.12. The SMILES string of the molecule is CCc1cc(C2(CC(C)C)c3cc(C)ccc3-c3ccc(C)cc32)ccc1OCCOC.O=C=O. The van der Waals surface area contributed by atoms with Gasteiger partial charge in [0.25, 0.3) is 0 Å². The normalized spacial score (nSPS) is 12.9. The lowest BCUT2D eigenvalue weighted by Crippen LogP contribution is -2.29. The van der Waals surface area contributed by atoms with Crippen LogP contribution in [0.4, 0.5) is 0 Å². The van der Waals surface area contributed by atoms with Gasteiger partial charge in [0.15, 0.2) is 0 Å². The van der Waals surface area contributed by atoms with E-state index in [1.165, 1.54) is 44.5 Å². The molecule has 0 atom stereocenters. The van der Waals surface area contributed by atoms with Gasteiger partial charge < -0.3 is 9.47 Å². The van der Waals surface area contributed by atoms with Gasteiger partial charge in [-0.1, -0.05) is 80.4 Å². The number of aryl methyl sites for hydroxylation is 3. The molecular weight excluding hydrogens is 436 g/mol. The minimum absolute atomic E-state index is 0.147.